The number of aromatic nitrogens is 1. The number of fused-ring (bicyclic) bond motifs is 1. The lowest BCUT2D eigenvalue weighted by atomic mass is 9.84. The van der Waals surface area contributed by atoms with Gasteiger partial charge in [-0.2, -0.15) is 0 Å². The number of hydrogen-bond acceptors (Lipinski definition) is 2. The molecule has 0 spiro atoms. The van der Waals surface area contributed by atoms with Crippen LogP contribution in [0.4, 0.5) is 0 Å². The van der Waals surface area contributed by atoms with Gasteiger partial charge in [-0.15, -0.1) is 0 Å². The molecule has 2 N–H and O–H groups in total. The molecule has 0 aliphatic rings. The molecule has 18 heavy (non-hydrogen) atoms. The van der Waals surface area contributed by atoms with E-state index in [0.29, 0.717) is 6.54 Å². The predicted molar refractivity (Wildman–Crippen MR) is 77.8 cm³/mol. The van der Waals surface area contributed by atoms with E-state index in [1.807, 2.05) is 6.20 Å². The van der Waals surface area contributed by atoms with E-state index in [9.17, 15) is 0 Å². The minimum absolute atomic E-state index is 0.117. The molecule has 0 radical (unpaired) electrons. The molecular formula is C16H22N2. The predicted octanol–water partition coefficient (Wildman–Crippen LogP) is 3.38. The molecule has 0 unspecified atom stereocenters. The van der Waals surface area contributed by atoms with Crippen molar-refractivity contribution in [3.05, 3.63) is 41.1 Å². The highest BCUT2D eigenvalue weighted by molar-refractivity contribution is 5.85. The first kappa shape index (κ1) is 13.0. The Morgan fingerprint density at radius 2 is 1.94 bits per heavy atom. The molecule has 0 bridgehead atoms. The van der Waals surface area contributed by atoms with Crippen LogP contribution in [0, 0.1) is 19.3 Å². The molecule has 2 rings (SSSR count). The third-order valence-corrected chi connectivity index (χ3v) is 3.51. The van der Waals surface area contributed by atoms with Crippen LogP contribution in [0.5, 0.6) is 0 Å². The average molecular weight is 242 g/mol. The van der Waals surface area contributed by atoms with Crippen molar-refractivity contribution in [2.24, 2.45) is 11.1 Å². The van der Waals surface area contributed by atoms with Crippen LogP contribution in [0.25, 0.3) is 10.9 Å². The maximum atomic E-state index is 5.85. The molecule has 2 aromatic rings. The van der Waals surface area contributed by atoms with Crippen molar-refractivity contribution in [3.63, 3.8) is 0 Å². The lowest BCUT2D eigenvalue weighted by Crippen LogP contribution is -2.26. The first-order chi connectivity index (χ1) is 8.43. The summed E-state index contributed by atoms with van der Waals surface area (Å²) in [7, 11) is 0. The minimum Gasteiger partial charge on any atom is -0.330 e. The molecule has 0 aliphatic carbocycles. The van der Waals surface area contributed by atoms with Gasteiger partial charge in [0.1, 0.15) is 0 Å². The van der Waals surface area contributed by atoms with Crippen LogP contribution in [-0.4, -0.2) is 11.5 Å². The fourth-order valence-electron chi connectivity index (χ4n) is 2.34. The monoisotopic (exact) mass is 242 g/mol. The Hall–Kier alpha value is -1.41. The Balaban J connectivity index is 2.60. The van der Waals surface area contributed by atoms with Crippen LogP contribution in [0.3, 0.4) is 0 Å². The number of benzene rings is 1. The Morgan fingerprint density at radius 1 is 1.22 bits per heavy atom. The molecule has 0 fully saturated rings. The van der Waals surface area contributed by atoms with Gasteiger partial charge in [0.2, 0.25) is 0 Å². The number of rotatable bonds is 3. The first-order valence-corrected chi connectivity index (χ1v) is 6.48. The van der Waals surface area contributed by atoms with E-state index in [2.05, 4.69) is 50.9 Å². The van der Waals surface area contributed by atoms with E-state index >= 15 is 0 Å². The van der Waals surface area contributed by atoms with Gasteiger partial charge in [-0.25, -0.2) is 0 Å². The second-order valence-electron chi connectivity index (χ2n) is 5.99. The number of nitrogens with two attached hydrogens (primary N) is 1. The summed E-state index contributed by atoms with van der Waals surface area (Å²) in [6.07, 6.45) is 2.87. The van der Waals surface area contributed by atoms with E-state index in [1.54, 1.807) is 0 Å². The van der Waals surface area contributed by atoms with Crippen molar-refractivity contribution in [3.8, 4) is 0 Å². The quantitative estimate of drug-likeness (QED) is 0.896. The summed E-state index contributed by atoms with van der Waals surface area (Å²) in [4.78, 5) is 4.56. The maximum Gasteiger partial charge on any atom is 0.0736 e. The lowest BCUT2D eigenvalue weighted by molar-refractivity contribution is 0.377. The second kappa shape index (κ2) is 4.69. The van der Waals surface area contributed by atoms with Crippen molar-refractivity contribution in [1.29, 1.82) is 0 Å². The topological polar surface area (TPSA) is 38.9 Å². The summed E-state index contributed by atoms with van der Waals surface area (Å²) >= 11 is 0. The van der Waals surface area contributed by atoms with Gasteiger partial charge in [0.05, 0.1) is 5.52 Å². The Morgan fingerprint density at radius 3 is 2.61 bits per heavy atom. The molecule has 2 nitrogen and oxygen atoms in total. The highest BCUT2D eigenvalue weighted by Gasteiger charge is 2.18. The zero-order chi connectivity index (χ0) is 13.3. The number of nitrogens with zero attached hydrogens (tertiary/aromatic N) is 1. The summed E-state index contributed by atoms with van der Waals surface area (Å²) in [5.41, 5.74) is 11.0. The number of hydrogen-bond donors (Lipinski definition) is 1. The molecule has 2 heteroatoms. The fourth-order valence-corrected chi connectivity index (χ4v) is 2.34. The van der Waals surface area contributed by atoms with Crippen molar-refractivity contribution in [2.45, 2.75) is 34.1 Å². The van der Waals surface area contributed by atoms with Crippen LogP contribution in [0.1, 0.15) is 30.5 Å². The zero-order valence-electron chi connectivity index (χ0n) is 11.7. The molecule has 1 aromatic heterocycles. The van der Waals surface area contributed by atoms with Gasteiger partial charge in [0.15, 0.2) is 0 Å². The van der Waals surface area contributed by atoms with Crippen molar-refractivity contribution < 1.29 is 0 Å². The largest absolute Gasteiger partial charge is 0.330 e. The molecule has 1 aromatic carbocycles. The smallest absolute Gasteiger partial charge is 0.0736 e. The second-order valence-corrected chi connectivity index (χ2v) is 5.99. The fraction of sp³-hybridized carbons (Fsp3) is 0.438. The van der Waals surface area contributed by atoms with Gasteiger partial charge >= 0.3 is 0 Å². The summed E-state index contributed by atoms with van der Waals surface area (Å²) in [6.45, 7) is 9.38. The normalized spacial score (nSPS) is 12.1. The van der Waals surface area contributed by atoms with Crippen molar-refractivity contribution >= 4 is 10.9 Å². The van der Waals surface area contributed by atoms with Gasteiger partial charge in [0.25, 0.3) is 0 Å². The van der Waals surface area contributed by atoms with Crippen molar-refractivity contribution in [2.75, 3.05) is 6.54 Å². The first-order valence-electron chi connectivity index (χ1n) is 6.48. The summed E-state index contributed by atoms with van der Waals surface area (Å²) in [5, 5.41) is 1.26. The lowest BCUT2D eigenvalue weighted by Gasteiger charge is -2.23. The third-order valence-electron chi connectivity index (χ3n) is 3.51. The van der Waals surface area contributed by atoms with Crippen LogP contribution in [0.15, 0.2) is 24.4 Å². The minimum atomic E-state index is 0.117. The molecule has 0 saturated heterocycles. The van der Waals surface area contributed by atoms with Crippen LogP contribution in [-0.2, 0) is 6.42 Å². The summed E-state index contributed by atoms with van der Waals surface area (Å²) in [5.74, 6) is 0. The van der Waals surface area contributed by atoms with E-state index in [4.69, 9.17) is 5.73 Å². The molecule has 0 saturated carbocycles. The highest BCUT2D eigenvalue weighted by Crippen LogP contribution is 2.27. The van der Waals surface area contributed by atoms with Crippen molar-refractivity contribution in [1.82, 2.24) is 4.98 Å². The molecule has 96 valence electrons. The van der Waals surface area contributed by atoms with Crippen LogP contribution < -0.4 is 5.73 Å². The van der Waals surface area contributed by atoms with Crippen LogP contribution >= 0.6 is 0 Å². The Labute approximate surface area is 109 Å². The average Bonchev–Trinajstić information content (AvgIpc) is 2.30. The van der Waals surface area contributed by atoms with E-state index in [1.165, 1.54) is 22.1 Å². The standard InChI is InChI=1S/C16H22N2/c1-11-7-13(9-16(3,4)10-17)15-14(8-11)12(2)5-6-18-15/h5-8H,9-10,17H2,1-4H3. The number of pyridine rings is 1. The van der Waals surface area contributed by atoms with Gasteiger partial charge in [-0.05, 0) is 55.5 Å². The molecule has 0 atom stereocenters. The SMILES string of the molecule is Cc1cc(CC(C)(C)CN)c2nccc(C)c2c1. The Kier molecular flexibility index (Phi) is 3.40. The summed E-state index contributed by atoms with van der Waals surface area (Å²) < 4.78 is 0. The third kappa shape index (κ3) is 2.54. The van der Waals surface area contributed by atoms with E-state index in [-0.39, 0.29) is 5.41 Å². The molecule has 0 amide bonds. The van der Waals surface area contributed by atoms with Gasteiger partial charge in [-0.1, -0.05) is 25.5 Å². The van der Waals surface area contributed by atoms with Gasteiger partial charge in [-0.3, -0.25) is 4.98 Å². The Bertz CT molecular complexity index is 571. The highest BCUT2D eigenvalue weighted by atomic mass is 14.7. The van der Waals surface area contributed by atoms with E-state index in [0.717, 1.165) is 11.9 Å². The molecule has 0 aliphatic heterocycles. The zero-order valence-corrected chi connectivity index (χ0v) is 11.7. The molecule has 1 heterocycles. The number of aryl methyl sites for hydroxylation is 2. The maximum absolute atomic E-state index is 5.85. The van der Waals surface area contributed by atoms with Gasteiger partial charge in [0, 0.05) is 11.6 Å². The van der Waals surface area contributed by atoms with Crippen LogP contribution in [0.2, 0.25) is 0 Å². The van der Waals surface area contributed by atoms with Gasteiger partial charge < -0.3 is 5.73 Å². The van der Waals surface area contributed by atoms with E-state index < -0.39 is 0 Å². The molecular weight excluding hydrogens is 220 g/mol. The summed E-state index contributed by atoms with van der Waals surface area (Å²) in [6, 6.07) is 6.53.